The second kappa shape index (κ2) is 9.79. The van der Waals surface area contributed by atoms with E-state index in [1.807, 2.05) is 26.2 Å². The Morgan fingerprint density at radius 1 is 1.28 bits per heavy atom. The lowest BCUT2D eigenvalue weighted by atomic mass is 10.1. The van der Waals surface area contributed by atoms with Crippen LogP contribution in [0.3, 0.4) is 0 Å². The molecule has 1 aliphatic heterocycles. The van der Waals surface area contributed by atoms with E-state index in [9.17, 15) is 4.79 Å². The summed E-state index contributed by atoms with van der Waals surface area (Å²) < 4.78 is 7.62. The number of nitrogens with one attached hydrogen (secondary N) is 1. The zero-order valence-electron chi connectivity index (χ0n) is 18.1. The number of ether oxygens (including phenoxy) is 1. The van der Waals surface area contributed by atoms with Crippen LogP contribution in [0.2, 0.25) is 10.0 Å². The van der Waals surface area contributed by atoms with Crippen molar-refractivity contribution in [2.75, 3.05) is 29.9 Å². The average molecular weight is 494 g/mol. The van der Waals surface area contributed by atoms with Gasteiger partial charge in [-0.3, -0.25) is 9.36 Å². The topological polar surface area (TPSA) is 72.3 Å². The zero-order valence-corrected chi connectivity index (χ0v) is 20.5. The van der Waals surface area contributed by atoms with Crippen LogP contribution in [0.5, 0.6) is 0 Å². The molecular weight excluding hydrogens is 469 g/mol. The van der Waals surface area contributed by atoms with Gasteiger partial charge in [-0.05, 0) is 39.0 Å². The van der Waals surface area contributed by atoms with E-state index in [-0.39, 0.29) is 17.7 Å². The van der Waals surface area contributed by atoms with Gasteiger partial charge in [0.25, 0.3) is 5.56 Å². The van der Waals surface area contributed by atoms with Gasteiger partial charge in [-0.2, -0.15) is 0 Å². The van der Waals surface area contributed by atoms with Gasteiger partial charge in [-0.15, -0.1) is 11.3 Å². The maximum Gasteiger partial charge on any atom is 0.277 e. The highest BCUT2D eigenvalue weighted by molar-refractivity contribution is 7.13. The normalized spacial score (nSPS) is 18.3. The Morgan fingerprint density at radius 2 is 2.09 bits per heavy atom. The van der Waals surface area contributed by atoms with Gasteiger partial charge in [-0.25, -0.2) is 9.97 Å². The van der Waals surface area contributed by atoms with Crippen molar-refractivity contribution in [1.82, 2.24) is 14.5 Å². The summed E-state index contributed by atoms with van der Waals surface area (Å²) in [5, 5.41) is 7.34. The van der Waals surface area contributed by atoms with Crippen molar-refractivity contribution in [2.45, 2.75) is 39.5 Å². The summed E-state index contributed by atoms with van der Waals surface area (Å²) in [6, 6.07) is 5.13. The average Bonchev–Trinajstić information content (AvgIpc) is 3.41. The molecule has 0 aliphatic carbocycles. The van der Waals surface area contributed by atoms with Crippen molar-refractivity contribution >= 4 is 45.4 Å². The Hall–Kier alpha value is -2.13. The molecule has 1 aromatic carbocycles. The number of rotatable bonds is 7. The van der Waals surface area contributed by atoms with Gasteiger partial charge < -0.3 is 15.0 Å². The molecule has 10 heteroatoms. The predicted octanol–water partition coefficient (Wildman–Crippen LogP) is 4.71. The molecule has 0 bridgehead atoms. The zero-order chi connectivity index (χ0) is 22.8. The minimum Gasteiger partial charge on any atom is -0.374 e. The molecule has 1 saturated heterocycles. The van der Waals surface area contributed by atoms with E-state index in [1.54, 1.807) is 40.3 Å². The van der Waals surface area contributed by atoms with Gasteiger partial charge in [0.2, 0.25) is 0 Å². The highest BCUT2D eigenvalue weighted by Crippen LogP contribution is 2.30. The molecule has 1 N–H and O–H groups in total. The molecule has 0 unspecified atom stereocenters. The van der Waals surface area contributed by atoms with E-state index in [1.165, 1.54) is 0 Å². The minimum absolute atomic E-state index is 0.0665. The molecule has 3 aromatic rings. The fraction of sp³-hybridized carbons (Fsp3) is 0.409. The largest absolute Gasteiger partial charge is 0.374 e. The summed E-state index contributed by atoms with van der Waals surface area (Å²) in [6.07, 6.45) is 1.73. The fourth-order valence-corrected chi connectivity index (χ4v) is 5.16. The highest BCUT2D eigenvalue weighted by Gasteiger charge is 2.35. The summed E-state index contributed by atoms with van der Waals surface area (Å²) in [5.41, 5.74) is 1.64. The maximum atomic E-state index is 13.5. The molecule has 32 heavy (non-hydrogen) atoms. The smallest absolute Gasteiger partial charge is 0.277 e. The van der Waals surface area contributed by atoms with Crippen LogP contribution in [-0.2, 0) is 11.3 Å². The number of aromatic nitrogens is 3. The fourth-order valence-electron chi connectivity index (χ4n) is 4.01. The molecule has 170 valence electrons. The first-order chi connectivity index (χ1) is 15.4. The molecule has 7 nitrogen and oxygen atoms in total. The van der Waals surface area contributed by atoms with Crippen molar-refractivity contribution in [2.24, 2.45) is 0 Å². The molecule has 0 spiro atoms. The first kappa shape index (κ1) is 23.0. The Bertz CT molecular complexity index is 1150. The van der Waals surface area contributed by atoms with Crippen molar-refractivity contribution in [1.29, 1.82) is 0 Å². The number of anilines is 2. The van der Waals surface area contributed by atoms with E-state index >= 15 is 0 Å². The van der Waals surface area contributed by atoms with Crippen molar-refractivity contribution in [3.63, 3.8) is 0 Å². The van der Waals surface area contributed by atoms with Gasteiger partial charge >= 0.3 is 0 Å². The Labute approximate surface area is 201 Å². The molecule has 1 fully saturated rings. The van der Waals surface area contributed by atoms with E-state index in [0.29, 0.717) is 59.1 Å². The summed E-state index contributed by atoms with van der Waals surface area (Å²) in [6.45, 7) is 8.18. The van der Waals surface area contributed by atoms with Crippen LogP contribution < -0.4 is 15.8 Å². The molecular formula is C22H25Cl2N5O2S. The van der Waals surface area contributed by atoms with Crippen LogP contribution in [0.25, 0.3) is 11.4 Å². The summed E-state index contributed by atoms with van der Waals surface area (Å²) in [4.78, 5) is 24.8. The van der Waals surface area contributed by atoms with Crippen LogP contribution >= 0.6 is 34.5 Å². The van der Waals surface area contributed by atoms with Gasteiger partial charge in [0, 0.05) is 48.4 Å². The quantitative estimate of drug-likeness (QED) is 0.513. The third-order valence-electron chi connectivity index (χ3n) is 5.50. The number of aryl methyl sites for hydroxylation is 1. The molecule has 2 atom stereocenters. The molecule has 2 aromatic heterocycles. The monoisotopic (exact) mass is 493 g/mol. The Morgan fingerprint density at radius 3 is 2.75 bits per heavy atom. The first-order valence-corrected chi connectivity index (χ1v) is 12.2. The van der Waals surface area contributed by atoms with Crippen LogP contribution in [0.1, 0.15) is 19.5 Å². The second-order valence-electron chi connectivity index (χ2n) is 7.53. The Balaban J connectivity index is 1.68. The summed E-state index contributed by atoms with van der Waals surface area (Å²) in [5.74, 6) is 0.527. The lowest BCUT2D eigenvalue weighted by molar-refractivity contribution is 0.0720. The minimum atomic E-state index is -0.135. The molecule has 3 heterocycles. The van der Waals surface area contributed by atoms with Crippen LogP contribution in [0.4, 0.5) is 10.8 Å². The van der Waals surface area contributed by atoms with Crippen LogP contribution in [0, 0.1) is 6.92 Å². The number of nitrogens with zero attached hydrogens (tertiary/aromatic N) is 4. The van der Waals surface area contributed by atoms with Crippen LogP contribution in [-0.4, -0.2) is 46.4 Å². The molecule has 0 radical (unpaired) electrons. The van der Waals surface area contributed by atoms with E-state index in [2.05, 4.69) is 15.2 Å². The van der Waals surface area contributed by atoms with Gasteiger partial charge in [0.1, 0.15) is 11.5 Å². The first-order valence-electron chi connectivity index (χ1n) is 10.5. The Kier molecular flexibility index (Phi) is 7.05. The van der Waals surface area contributed by atoms with Crippen molar-refractivity contribution < 1.29 is 4.74 Å². The molecule has 1 aliphatic rings. The second-order valence-corrected chi connectivity index (χ2v) is 9.25. The lowest BCUT2D eigenvalue weighted by Crippen LogP contribution is -2.38. The summed E-state index contributed by atoms with van der Waals surface area (Å²) >= 11 is 14.1. The number of hydrogen-bond donors (Lipinski definition) is 1. The third kappa shape index (κ3) is 4.50. The molecule has 4 rings (SSSR count). The number of hydrogen-bond acceptors (Lipinski definition) is 7. The van der Waals surface area contributed by atoms with Gasteiger partial charge in [-0.1, -0.05) is 23.2 Å². The predicted molar refractivity (Wildman–Crippen MR) is 132 cm³/mol. The van der Waals surface area contributed by atoms with Crippen molar-refractivity contribution in [3.8, 4) is 11.4 Å². The van der Waals surface area contributed by atoms with E-state index in [0.717, 1.165) is 5.13 Å². The van der Waals surface area contributed by atoms with E-state index in [4.69, 9.17) is 32.9 Å². The maximum absolute atomic E-state index is 13.5. The van der Waals surface area contributed by atoms with Gasteiger partial charge in [0.05, 0.1) is 22.9 Å². The lowest BCUT2D eigenvalue weighted by Gasteiger charge is -2.22. The third-order valence-corrected chi connectivity index (χ3v) is 6.88. The number of thiazole rings is 1. The van der Waals surface area contributed by atoms with Gasteiger partial charge in [0.15, 0.2) is 5.13 Å². The number of halogens is 2. The standard InChI is InChI=1S/C22H25Cl2N5O2S/c1-4-29-20(15-7-6-14(23)10-16(15)24)26-13(3)19(21(29)30)27-17-11-28(12-18(17)31-5-2)22-25-8-9-32-22/h6-10,17-18,27H,4-5,11-12H2,1-3H3/t17-,18-/m1/s1. The highest BCUT2D eigenvalue weighted by atomic mass is 35.5. The number of benzene rings is 1. The molecule has 0 amide bonds. The van der Waals surface area contributed by atoms with Crippen molar-refractivity contribution in [3.05, 3.63) is 55.9 Å². The van der Waals surface area contributed by atoms with Crippen LogP contribution in [0.15, 0.2) is 34.6 Å². The summed E-state index contributed by atoms with van der Waals surface area (Å²) in [7, 11) is 0. The molecule has 0 saturated carbocycles. The van der Waals surface area contributed by atoms with E-state index < -0.39 is 0 Å². The SMILES string of the molecule is CCO[C@@H]1CN(c2nccs2)C[C@H]1Nc1c(C)nc(-c2ccc(Cl)cc2Cl)n(CC)c1=O.